The summed E-state index contributed by atoms with van der Waals surface area (Å²) in [6.45, 7) is 5.24. The van der Waals surface area contributed by atoms with Gasteiger partial charge in [-0.25, -0.2) is 4.98 Å². The van der Waals surface area contributed by atoms with E-state index in [9.17, 15) is 0 Å². The van der Waals surface area contributed by atoms with Crippen LogP contribution in [0.3, 0.4) is 0 Å². The molecule has 0 aliphatic carbocycles. The highest BCUT2D eigenvalue weighted by atomic mass is 35.5. The summed E-state index contributed by atoms with van der Waals surface area (Å²) in [5.74, 6) is 0.825. The summed E-state index contributed by atoms with van der Waals surface area (Å²) in [6, 6.07) is 0.553. The fourth-order valence-corrected chi connectivity index (χ4v) is 2.90. The van der Waals surface area contributed by atoms with Crippen LogP contribution in [0.1, 0.15) is 24.8 Å². The molecule has 16 heavy (non-hydrogen) atoms. The molecule has 0 spiro atoms. The van der Waals surface area contributed by atoms with Crippen LogP contribution < -0.4 is 5.73 Å². The fraction of sp³-hybridized carbons (Fsp3) is 0.727. The Morgan fingerprint density at radius 2 is 2.44 bits per heavy atom. The Labute approximate surface area is 107 Å². The van der Waals surface area contributed by atoms with Gasteiger partial charge in [-0.2, -0.15) is 0 Å². The molecule has 1 fully saturated rings. The molecule has 3 nitrogen and oxygen atoms in total. The van der Waals surface area contributed by atoms with Gasteiger partial charge >= 0.3 is 0 Å². The average molecular weight is 262 g/mol. The van der Waals surface area contributed by atoms with Crippen LogP contribution in [0.4, 0.5) is 0 Å². The summed E-state index contributed by atoms with van der Waals surface area (Å²) in [7, 11) is 0. The molecule has 92 valence electrons. The van der Waals surface area contributed by atoms with E-state index in [2.05, 4.69) is 16.8 Å². The van der Waals surface area contributed by atoms with E-state index in [1.54, 1.807) is 11.3 Å². The number of aromatic nitrogens is 1. The van der Waals surface area contributed by atoms with E-state index in [1.165, 1.54) is 24.4 Å². The summed E-state index contributed by atoms with van der Waals surface area (Å²) < 4.78 is 0. The first kappa shape index (κ1) is 13.9. The predicted molar refractivity (Wildman–Crippen MR) is 71.0 cm³/mol. The van der Waals surface area contributed by atoms with Crippen LogP contribution in [0.25, 0.3) is 0 Å². The highest BCUT2D eigenvalue weighted by Gasteiger charge is 2.25. The lowest BCUT2D eigenvalue weighted by molar-refractivity contribution is 0.115. The molecule has 0 amide bonds. The van der Waals surface area contributed by atoms with Gasteiger partial charge in [0.15, 0.2) is 0 Å². The molecule has 1 aromatic rings. The third-order valence-corrected chi connectivity index (χ3v) is 3.96. The molecule has 0 radical (unpaired) electrons. The second kappa shape index (κ2) is 6.55. The van der Waals surface area contributed by atoms with E-state index in [4.69, 9.17) is 5.73 Å². The number of piperidine rings is 1. The van der Waals surface area contributed by atoms with Gasteiger partial charge in [-0.05, 0) is 25.3 Å². The van der Waals surface area contributed by atoms with Crippen molar-refractivity contribution in [3.05, 3.63) is 16.6 Å². The summed E-state index contributed by atoms with van der Waals surface area (Å²) in [5, 5.41) is 3.25. The Kier molecular flexibility index (Phi) is 5.69. The van der Waals surface area contributed by atoms with Crippen molar-refractivity contribution >= 4 is 23.7 Å². The Bertz CT molecular complexity index is 291. The molecule has 1 saturated heterocycles. The molecule has 2 N–H and O–H groups in total. The van der Waals surface area contributed by atoms with Crippen molar-refractivity contribution in [2.75, 3.05) is 13.1 Å². The molecular formula is C11H20ClN3S. The predicted octanol–water partition coefficient (Wildman–Crippen LogP) is 2.12. The van der Waals surface area contributed by atoms with Crippen LogP contribution in [-0.2, 0) is 6.54 Å². The Morgan fingerprint density at radius 1 is 1.62 bits per heavy atom. The average Bonchev–Trinajstić information content (AvgIpc) is 2.73. The maximum absolute atomic E-state index is 5.83. The molecule has 0 aromatic carbocycles. The number of thiazole rings is 1. The van der Waals surface area contributed by atoms with Crippen molar-refractivity contribution in [1.29, 1.82) is 0 Å². The zero-order valence-electron chi connectivity index (χ0n) is 9.63. The van der Waals surface area contributed by atoms with Crippen LogP contribution in [0.5, 0.6) is 0 Å². The molecule has 1 aliphatic heterocycles. The van der Waals surface area contributed by atoms with Crippen molar-refractivity contribution in [1.82, 2.24) is 9.88 Å². The van der Waals surface area contributed by atoms with Crippen molar-refractivity contribution in [3.63, 3.8) is 0 Å². The van der Waals surface area contributed by atoms with Crippen molar-refractivity contribution < 1.29 is 0 Å². The molecule has 5 heteroatoms. The second-order valence-corrected chi connectivity index (χ2v) is 5.39. The highest BCUT2D eigenvalue weighted by molar-refractivity contribution is 7.09. The van der Waals surface area contributed by atoms with Crippen LogP contribution in [0.15, 0.2) is 11.6 Å². The van der Waals surface area contributed by atoms with E-state index < -0.39 is 0 Å². The third-order valence-electron chi connectivity index (χ3n) is 3.19. The summed E-state index contributed by atoms with van der Waals surface area (Å²) in [6.07, 6.45) is 4.41. The number of halogens is 1. The van der Waals surface area contributed by atoms with Crippen LogP contribution in [0.2, 0.25) is 0 Å². The van der Waals surface area contributed by atoms with Crippen LogP contribution in [-0.4, -0.2) is 29.0 Å². The smallest absolute Gasteiger partial charge is 0.107 e. The monoisotopic (exact) mass is 261 g/mol. The van der Waals surface area contributed by atoms with Gasteiger partial charge in [-0.3, -0.25) is 4.90 Å². The van der Waals surface area contributed by atoms with Gasteiger partial charge in [0, 0.05) is 24.2 Å². The zero-order chi connectivity index (χ0) is 10.7. The standard InChI is InChI=1S/C11H19N3S.ClH/c1-9-2-4-14(10(6-9)7-12)8-11-13-3-5-15-11;/h3,5,9-10H,2,4,6-8,12H2,1H3;1H. The summed E-state index contributed by atoms with van der Waals surface area (Å²) in [5.41, 5.74) is 5.83. The number of rotatable bonds is 3. The van der Waals surface area contributed by atoms with Crippen molar-refractivity contribution in [2.24, 2.45) is 11.7 Å². The zero-order valence-corrected chi connectivity index (χ0v) is 11.3. The number of hydrogen-bond donors (Lipinski definition) is 1. The lowest BCUT2D eigenvalue weighted by atomic mass is 9.92. The lowest BCUT2D eigenvalue weighted by Gasteiger charge is -2.37. The molecule has 0 bridgehead atoms. The van der Waals surface area contributed by atoms with Crippen LogP contribution in [0, 0.1) is 5.92 Å². The van der Waals surface area contributed by atoms with E-state index in [0.717, 1.165) is 19.0 Å². The Balaban J connectivity index is 0.00000128. The topological polar surface area (TPSA) is 42.2 Å². The minimum absolute atomic E-state index is 0. The summed E-state index contributed by atoms with van der Waals surface area (Å²) >= 11 is 1.74. The van der Waals surface area contributed by atoms with Gasteiger partial charge in [0.1, 0.15) is 5.01 Å². The van der Waals surface area contributed by atoms with Gasteiger partial charge in [0.25, 0.3) is 0 Å². The van der Waals surface area contributed by atoms with Crippen molar-refractivity contribution in [2.45, 2.75) is 32.4 Å². The first-order valence-corrected chi connectivity index (χ1v) is 6.50. The molecular weight excluding hydrogens is 242 g/mol. The minimum atomic E-state index is 0. The van der Waals surface area contributed by atoms with E-state index in [-0.39, 0.29) is 12.4 Å². The largest absolute Gasteiger partial charge is 0.329 e. The third kappa shape index (κ3) is 3.42. The number of hydrogen-bond acceptors (Lipinski definition) is 4. The van der Waals surface area contributed by atoms with Gasteiger partial charge in [0.05, 0.1) is 6.54 Å². The van der Waals surface area contributed by atoms with Crippen molar-refractivity contribution in [3.8, 4) is 0 Å². The fourth-order valence-electron chi connectivity index (χ4n) is 2.26. The first-order chi connectivity index (χ1) is 7.29. The number of likely N-dealkylation sites (tertiary alicyclic amines) is 1. The van der Waals surface area contributed by atoms with E-state index in [0.29, 0.717) is 6.04 Å². The lowest BCUT2D eigenvalue weighted by Crippen LogP contribution is -2.45. The second-order valence-electron chi connectivity index (χ2n) is 4.42. The first-order valence-electron chi connectivity index (χ1n) is 5.62. The van der Waals surface area contributed by atoms with Gasteiger partial charge in [-0.1, -0.05) is 6.92 Å². The highest BCUT2D eigenvalue weighted by Crippen LogP contribution is 2.23. The number of nitrogens with two attached hydrogens (primary N) is 1. The van der Waals surface area contributed by atoms with Gasteiger partial charge < -0.3 is 5.73 Å². The van der Waals surface area contributed by atoms with E-state index in [1.807, 2.05) is 11.6 Å². The molecule has 1 aromatic heterocycles. The quantitative estimate of drug-likeness (QED) is 0.906. The van der Waals surface area contributed by atoms with Gasteiger partial charge in [0.2, 0.25) is 0 Å². The minimum Gasteiger partial charge on any atom is -0.329 e. The molecule has 0 saturated carbocycles. The molecule has 2 heterocycles. The SMILES string of the molecule is CC1CCN(Cc2nccs2)C(CN)C1.Cl. The summed E-state index contributed by atoms with van der Waals surface area (Å²) in [4.78, 5) is 6.82. The maximum atomic E-state index is 5.83. The molecule has 2 unspecified atom stereocenters. The normalized spacial score (nSPS) is 26.4. The maximum Gasteiger partial charge on any atom is 0.107 e. The molecule has 2 atom stereocenters. The van der Waals surface area contributed by atoms with E-state index >= 15 is 0 Å². The van der Waals surface area contributed by atoms with Gasteiger partial charge in [-0.15, -0.1) is 23.7 Å². The Morgan fingerprint density at radius 3 is 3.06 bits per heavy atom. The Hall–Kier alpha value is -0.160. The number of nitrogens with zero attached hydrogens (tertiary/aromatic N) is 2. The molecule has 1 aliphatic rings. The van der Waals surface area contributed by atoms with Crippen LogP contribution >= 0.6 is 23.7 Å². The molecule has 2 rings (SSSR count).